The van der Waals surface area contributed by atoms with Gasteiger partial charge in [0.25, 0.3) is 0 Å². The van der Waals surface area contributed by atoms with Crippen LogP contribution >= 0.6 is 0 Å². The molecule has 0 radical (unpaired) electrons. The van der Waals surface area contributed by atoms with Crippen LogP contribution in [0.25, 0.3) is 0 Å². The molecule has 2 aliphatic rings. The van der Waals surface area contributed by atoms with Gasteiger partial charge in [0, 0.05) is 25.6 Å². The summed E-state index contributed by atoms with van der Waals surface area (Å²) < 4.78 is 0. The standard InChI is InChI=1S/C12H22N2O/c13-7-8-14(11-5-6-11)12(15)9-10-3-1-2-4-10/h10-11H,1-9,13H2. The molecule has 0 bridgehead atoms. The van der Waals surface area contributed by atoms with Gasteiger partial charge in [-0.3, -0.25) is 4.79 Å². The first kappa shape index (κ1) is 10.9. The first-order chi connectivity index (χ1) is 7.31. The Kier molecular flexibility index (Phi) is 3.62. The van der Waals surface area contributed by atoms with Crippen molar-refractivity contribution in [3.8, 4) is 0 Å². The van der Waals surface area contributed by atoms with Crippen LogP contribution in [-0.4, -0.2) is 29.9 Å². The van der Waals surface area contributed by atoms with Gasteiger partial charge in [0.2, 0.25) is 5.91 Å². The summed E-state index contributed by atoms with van der Waals surface area (Å²) in [6, 6.07) is 0.530. The molecule has 2 saturated carbocycles. The van der Waals surface area contributed by atoms with E-state index in [2.05, 4.69) is 0 Å². The van der Waals surface area contributed by atoms with Crippen molar-refractivity contribution in [3.05, 3.63) is 0 Å². The minimum absolute atomic E-state index is 0.356. The number of rotatable bonds is 5. The van der Waals surface area contributed by atoms with Gasteiger partial charge in [0.15, 0.2) is 0 Å². The number of nitrogens with zero attached hydrogens (tertiary/aromatic N) is 1. The molecule has 2 rings (SSSR count). The molecule has 3 heteroatoms. The highest BCUT2D eigenvalue weighted by Gasteiger charge is 2.32. The van der Waals surface area contributed by atoms with Gasteiger partial charge in [-0.1, -0.05) is 12.8 Å². The van der Waals surface area contributed by atoms with Gasteiger partial charge in [0.05, 0.1) is 0 Å². The zero-order chi connectivity index (χ0) is 10.7. The minimum Gasteiger partial charge on any atom is -0.338 e. The number of amides is 1. The van der Waals surface area contributed by atoms with Gasteiger partial charge in [0.1, 0.15) is 0 Å². The van der Waals surface area contributed by atoms with Crippen LogP contribution in [0.3, 0.4) is 0 Å². The van der Waals surface area contributed by atoms with E-state index in [1.807, 2.05) is 4.90 Å². The second-order valence-corrected chi connectivity index (χ2v) is 4.96. The molecule has 0 aromatic rings. The molecule has 86 valence electrons. The maximum Gasteiger partial charge on any atom is 0.223 e. The third kappa shape index (κ3) is 2.94. The first-order valence-corrected chi connectivity index (χ1v) is 6.31. The summed E-state index contributed by atoms with van der Waals surface area (Å²) in [5, 5.41) is 0. The number of carbonyl (C=O) groups excluding carboxylic acids is 1. The second kappa shape index (κ2) is 4.97. The molecule has 0 saturated heterocycles. The van der Waals surface area contributed by atoms with E-state index in [1.54, 1.807) is 0 Å². The van der Waals surface area contributed by atoms with Crippen molar-refractivity contribution >= 4 is 5.91 Å². The quantitative estimate of drug-likeness (QED) is 0.747. The summed E-state index contributed by atoms with van der Waals surface area (Å²) >= 11 is 0. The van der Waals surface area contributed by atoms with E-state index < -0.39 is 0 Å². The predicted octanol–water partition coefficient (Wildman–Crippen LogP) is 1.52. The summed E-state index contributed by atoms with van der Waals surface area (Å²) in [5.41, 5.74) is 5.55. The van der Waals surface area contributed by atoms with E-state index in [9.17, 15) is 4.79 Å². The molecular weight excluding hydrogens is 188 g/mol. The Labute approximate surface area is 92.0 Å². The van der Waals surface area contributed by atoms with Crippen molar-refractivity contribution in [1.29, 1.82) is 0 Å². The predicted molar refractivity (Wildman–Crippen MR) is 60.4 cm³/mol. The van der Waals surface area contributed by atoms with E-state index in [1.165, 1.54) is 38.5 Å². The topological polar surface area (TPSA) is 46.3 Å². The summed E-state index contributed by atoms with van der Waals surface area (Å²) in [6.07, 6.45) is 8.31. The SMILES string of the molecule is NCCN(C(=O)CC1CCCC1)C1CC1. The third-order valence-electron chi connectivity index (χ3n) is 3.62. The Bertz CT molecular complexity index is 220. The fourth-order valence-corrected chi connectivity index (χ4v) is 2.61. The molecule has 1 amide bonds. The van der Waals surface area contributed by atoms with Gasteiger partial charge in [-0.25, -0.2) is 0 Å². The lowest BCUT2D eigenvalue weighted by atomic mass is 10.0. The molecule has 0 heterocycles. The lowest BCUT2D eigenvalue weighted by Crippen LogP contribution is -2.37. The number of hydrogen-bond acceptors (Lipinski definition) is 2. The highest BCUT2D eigenvalue weighted by atomic mass is 16.2. The van der Waals surface area contributed by atoms with Crippen molar-refractivity contribution < 1.29 is 4.79 Å². The summed E-state index contributed by atoms with van der Waals surface area (Å²) in [4.78, 5) is 14.1. The van der Waals surface area contributed by atoms with Crippen LogP contribution in [0.15, 0.2) is 0 Å². The average Bonchev–Trinajstić information content (AvgIpc) is 2.93. The molecule has 3 nitrogen and oxygen atoms in total. The number of carbonyl (C=O) groups is 1. The molecule has 0 aromatic carbocycles. The Balaban J connectivity index is 1.80. The highest BCUT2D eigenvalue weighted by molar-refractivity contribution is 5.77. The van der Waals surface area contributed by atoms with Crippen molar-refractivity contribution in [3.63, 3.8) is 0 Å². The summed E-state index contributed by atoms with van der Waals surface area (Å²) in [7, 11) is 0. The van der Waals surface area contributed by atoms with Gasteiger partial charge < -0.3 is 10.6 Å². The van der Waals surface area contributed by atoms with Crippen molar-refractivity contribution in [2.24, 2.45) is 11.7 Å². The van der Waals surface area contributed by atoms with Crippen molar-refractivity contribution in [2.45, 2.75) is 51.0 Å². The van der Waals surface area contributed by atoms with Crippen LogP contribution in [0, 0.1) is 5.92 Å². The Morgan fingerprint density at radius 1 is 1.20 bits per heavy atom. The molecule has 2 fully saturated rings. The van der Waals surface area contributed by atoms with E-state index in [0.717, 1.165) is 13.0 Å². The van der Waals surface area contributed by atoms with Crippen LogP contribution in [0.4, 0.5) is 0 Å². The first-order valence-electron chi connectivity index (χ1n) is 6.31. The van der Waals surface area contributed by atoms with E-state index in [0.29, 0.717) is 24.4 Å². The maximum atomic E-state index is 12.0. The molecule has 2 aliphatic carbocycles. The lowest BCUT2D eigenvalue weighted by molar-refractivity contribution is -0.132. The number of hydrogen-bond donors (Lipinski definition) is 1. The second-order valence-electron chi connectivity index (χ2n) is 4.96. The molecule has 0 spiro atoms. The molecule has 0 aliphatic heterocycles. The largest absolute Gasteiger partial charge is 0.338 e. The Morgan fingerprint density at radius 3 is 2.40 bits per heavy atom. The smallest absolute Gasteiger partial charge is 0.223 e. The van der Waals surface area contributed by atoms with Gasteiger partial charge in [-0.05, 0) is 31.6 Å². The molecular formula is C12H22N2O. The normalized spacial score (nSPS) is 21.9. The van der Waals surface area contributed by atoms with Crippen LogP contribution in [-0.2, 0) is 4.79 Å². The summed E-state index contributed by atoms with van der Waals surface area (Å²) in [5.74, 6) is 1.02. The van der Waals surface area contributed by atoms with Crippen LogP contribution in [0.5, 0.6) is 0 Å². The van der Waals surface area contributed by atoms with Gasteiger partial charge >= 0.3 is 0 Å². The highest BCUT2D eigenvalue weighted by Crippen LogP contribution is 2.31. The number of nitrogens with two attached hydrogens (primary N) is 1. The van der Waals surface area contributed by atoms with Crippen molar-refractivity contribution in [2.75, 3.05) is 13.1 Å². The minimum atomic E-state index is 0.356. The summed E-state index contributed by atoms with van der Waals surface area (Å²) in [6.45, 7) is 1.36. The molecule has 2 N–H and O–H groups in total. The Hall–Kier alpha value is -0.570. The Morgan fingerprint density at radius 2 is 1.87 bits per heavy atom. The molecule has 0 unspecified atom stereocenters. The third-order valence-corrected chi connectivity index (χ3v) is 3.62. The lowest BCUT2D eigenvalue weighted by Gasteiger charge is -2.23. The molecule has 15 heavy (non-hydrogen) atoms. The van der Waals surface area contributed by atoms with Crippen LogP contribution in [0.2, 0.25) is 0 Å². The van der Waals surface area contributed by atoms with Crippen molar-refractivity contribution in [1.82, 2.24) is 4.90 Å². The monoisotopic (exact) mass is 210 g/mol. The fraction of sp³-hybridized carbons (Fsp3) is 0.917. The van der Waals surface area contributed by atoms with E-state index >= 15 is 0 Å². The van der Waals surface area contributed by atoms with E-state index in [4.69, 9.17) is 5.73 Å². The molecule has 0 atom stereocenters. The van der Waals surface area contributed by atoms with E-state index in [-0.39, 0.29) is 0 Å². The maximum absolute atomic E-state index is 12.0. The fourth-order valence-electron chi connectivity index (χ4n) is 2.61. The zero-order valence-corrected chi connectivity index (χ0v) is 9.45. The van der Waals surface area contributed by atoms with Gasteiger partial charge in [-0.2, -0.15) is 0 Å². The molecule has 0 aromatic heterocycles. The zero-order valence-electron chi connectivity index (χ0n) is 9.45. The van der Waals surface area contributed by atoms with Crippen LogP contribution < -0.4 is 5.73 Å². The average molecular weight is 210 g/mol. The van der Waals surface area contributed by atoms with Gasteiger partial charge in [-0.15, -0.1) is 0 Å². The van der Waals surface area contributed by atoms with Crippen LogP contribution in [0.1, 0.15) is 44.9 Å².